The maximum Gasteiger partial charge on any atom is 0.307 e. The lowest BCUT2D eigenvalue weighted by Gasteiger charge is -2.25. The van der Waals surface area contributed by atoms with E-state index in [-0.39, 0.29) is 31.6 Å². The molecule has 32 heavy (non-hydrogen) atoms. The van der Waals surface area contributed by atoms with Crippen LogP contribution in [0.2, 0.25) is 0 Å². The number of esters is 1. The third-order valence-electron chi connectivity index (χ3n) is 4.86. The SMILES string of the molecule is C[C@@H](OC(=O)CCC(=O)c1ccc2c(c1)OCCO2)C(=O)N(CCC#N)c1ccccc1. The maximum atomic E-state index is 12.8. The molecule has 0 radical (unpaired) electrons. The molecule has 1 aliphatic heterocycles. The lowest BCUT2D eigenvalue weighted by molar-refractivity contribution is -0.153. The molecule has 0 fully saturated rings. The van der Waals surface area contributed by atoms with E-state index in [9.17, 15) is 14.4 Å². The van der Waals surface area contributed by atoms with Crippen molar-refractivity contribution in [3.05, 3.63) is 54.1 Å². The average Bonchev–Trinajstić information content (AvgIpc) is 2.83. The van der Waals surface area contributed by atoms with Crippen LogP contribution in [0.15, 0.2) is 48.5 Å². The summed E-state index contributed by atoms with van der Waals surface area (Å²) < 4.78 is 16.2. The number of nitriles is 1. The number of Topliss-reactive ketones (excluding diaryl/α,β-unsaturated/α-hetero) is 1. The zero-order chi connectivity index (χ0) is 22.9. The number of hydrogen-bond donors (Lipinski definition) is 0. The summed E-state index contributed by atoms with van der Waals surface area (Å²) in [5, 5.41) is 8.89. The van der Waals surface area contributed by atoms with Crippen molar-refractivity contribution in [1.29, 1.82) is 5.26 Å². The fourth-order valence-corrected chi connectivity index (χ4v) is 3.24. The van der Waals surface area contributed by atoms with E-state index in [2.05, 4.69) is 0 Å². The Morgan fingerprint density at radius 2 is 1.78 bits per heavy atom. The van der Waals surface area contributed by atoms with Crippen molar-refractivity contribution in [3.8, 4) is 17.6 Å². The first kappa shape index (κ1) is 22.8. The van der Waals surface area contributed by atoms with Crippen LogP contribution in [0.25, 0.3) is 0 Å². The highest BCUT2D eigenvalue weighted by atomic mass is 16.6. The number of anilines is 1. The number of benzene rings is 2. The van der Waals surface area contributed by atoms with Gasteiger partial charge in [0.1, 0.15) is 13.2 Å². The number of hydrogen-bond acceptors (Lipinski definition) is 7. The zero-order valence-electron chi connectivity index (χ0n) is 17.8. The molecule has 166 valence electrons. The number of amides is 1. The Morgan fingerprint density at radius 1 is 1.06 bits per heavy atom. The van der Waals surface area contributed by atoms with Crippen LogP contribution in [0.3, 0.4) is 0 Å². The van der Waals surface area contributed by atoms with Gasteiger partial charge in [-0.1, -0.05) is 18.2 Å². The Hall–Kier alpha value is -3.86. The van der Waals surface area contributed by atoms with Crippen LogP contribution in [-0.2, 0) is 14.3 Å². The van der Waals surface area contributed by atoms with Gasteiger partial charge in [0, 0.05) is 24.2 Å². The van der Waals surface area contributed by atoms with Gasteiger partial charge in [-0.2, -0.15) is 5.26 Å². The molecule has 8 nitrogen and oxygen atoms in total. The second kappa shape index (κ2) is 11.0. The van der Waals surface area contributed by atoms with Crippen LogP contribution in [0.1, 0.15) is 36.5 Å². The Morgan fingerprint density at radius 3 is 2.50 bits per heavy atom. The van der Waals surface area contributed by atoms with Crippen molar-refractivity contribution >= 4 is 23.3 Å². The van der Waals surface area contributed by atoms with Crippen LogP contribution in [0, 0.1) is 11.3 Å². The van der Waals surface area contributed by atoms with Crippen LogP contribution in [0.5, 0.6) is 11.5 Å². The van der Waals surface area contributed by atoms with Crippen molar-refractivity contribution in [2.75, 3.05) is 24.7 Å². The Balaban J connectivity index is 1.54. The Labute approximate surface area is 186 Å². The van der Waals surface area contributed by atoms with E-state index in [0.29, 0.717) is 36.0 Å². The van der Waals surface area contributed by atoms with Crippen molar-refractivity contribution in [1.82, 2.24) is 0 Å². The summed E-state index contributed by atoms with van der Waals surface area (Å²) in [6.45, 7) is 2.54. The molecule has 1 atom stereocenters. The van der Waals surface area contributed by atoms with Gasteiger partial charge in [0.2, 0.25) is 0 Å². The molecule has 0 spiro atoms. The minimum atomic E-state index is -1.05. The number of ether oxygens (including phenoxy) is 3. The number of ketones is 1. The van der Waals surface area contributed by atoms with Gasteiger partial charge in [-0.05, 0) is 37.3 Å². The topological polar surface area (TPSA) is 106 Å². The van der Waals surface area contributed by atoms with Gasteiger partial charge in [-0.3, -0.25) is 14.4 Å². The van der Waals surface area contributed by atoms with E-state index in [4.69, 9.17) is 19.5 Å². The van der Waals surface area contributed by atoms with Crippen molar-refractivity contribution < 1.29 is 28.6 Å². The molecular formula is C24H24N2O6. The standard InChI is InChI=1S/C24H24N2O6/c1-17(24(29)26(13-5-12-25)19-6-3-2-4-7-19)32-23(28)11-9-20(27)18-8-10-21-22(16-18)31-15-14-30-21/h2-4,6-8,10,16-17H,5,9,11,13-15H2,1H3/t17-/m1/s1. The van der Waals surface area contributed by atoms with Gasteiger partial charge in [0.05, 0.1) is 18.9 Å². The second-order valence-electron chi connectivity index (χ2n) is 7.15. The number of para-hydroxylation sites is 1. The molecule has 0 bridgehead atoms. The van der Waals surface area contributed by atoms with Gasteiger partial charge in [-0.15, -0.1) is 0 Å². The van der Waals surface area contributed by atoms with E-state index < -0.39 is 18.0 Å². The number of nitrogens with zero attached hydrogens (tertiary/aromatic N) is 2. The minimum Gasteiger partial charge on any atom is -0.486 e. The average molecular weight is 436 g/mol. The van der Waals surface area contributed by atoms with Gasteiger partial charge in [-0.25, -0.2) is 0 Å². The third kappa shape index (κ3) is 5.85. The number of carbonyl (C=O) groups excluding carboxylic acids is 3. The van der Waals surface area contributed by atoms with E-state index in [1.807, 2.05) is 12.1 Å². The molecule has 8 heteroatoms. The summed E-state index contributed by atoms with van der Waals surface area (Å²) >= 11 is 0. The van der Waals surface area contributed by atoms with Gasteiger partial charge >= 0.3 is 5.97 Å². The van der Waals surface area contributed by atoms with Crippen LogP contribution >= 0.6 is 0 Å². The van der Waals surface area contributed by atoms with Crippen LogP contribution in [0.4, 0.5) is 5.69 Å². The molecule has 1 amide bonds. The first-order valence-electron chi connectivity index (χ1n) is 10.4. The monoisotopic (exact) mass is 436 g/mol. The predicted octanol–water partition coefficient (Wildman–Crippen LogP) is 3.30. The van der Waals surface area contributed by atoms with Gasteiger partial charge < -0.3 is 19.1 Å². The molecule has 2 aromatic rings. The van der Waals surface area contributed by atoms with Crippen molar-refractivity contribution in [2.24, 2.45) is 0 Å². The van der Waals surface area contributed by atoms with E-state index in [1.54, 1.807) is 42.5 Å². The van der Waals surface area contributed by atoms with Crippen LogP contribution in [-0.4, -0.2) is 43.5 Å². The quantitative estimate of drug-likeness (QED) is 0.439. The van der Waals surface area contributed by atoms with Crippen molar-refractivity contribution in [2.45, 2.75) is 32.3 Å². The van der Waals surface area contributed by atoms with E-state index in [0.717, 1.165) is 0 Å². The first-order valence-corrected chi connectivity index (χ1v) is 10.4. The van der Waals surface area contributed by atoms with E-state index >= 15 is 0 Å². The molecule has 3 rings (SSSR count). The first-order chi connectivity index (χ1) is 15.5. The minimum absolute atomic E-state index is 0.0593. The summed E-state index contributed by atoms with van der Waals surface area (Å²) in [5.74, 6) is -0.234. The molecule has 2 aromatic carbocycles. The van der Waals surface area contributed by atoms with Crippen LogP contribution < -0.4 is 14.4 Å². The molecule has 0 aromatic heterocycles. The third-order valence-corrected chi connectivity index (χ3v) is 4.86. The maximum absolute atomic E-state index is 12.8. The Kier molecular flexibility index (Phi) is 7.81. The molecule has 0 saturated heterocycles. The predicted molar refractivity (Wildman–Crippen MR) is 116 cm³/mol. The molecule has 0 aliphatic carbocycles. The lowest BCUT2D eigenvalue weighted by atomic mass is 10.1. The molecule has 1 aliphatic rings. The lowest BCUT2D eigenvalue weighted by Crippen LogP contribution is -2.40. The number of carbonyl (C=O) groups is 3. The summed E-state index contributed by atoms with van der Waals surface area (Å²) in [5.41, 5.74) is 1.03. The summed E-state index contributed by atoms with van der Waals surface area (Å²) in [7, 11) is 0. The van der Waals surface area contributed by atoms with Crippen molar-refractivity contribution in [3.63, 3.8) is 0 Å². The normalized spacial score (nSPS) is 12.9. The highest BCUT2D eigenvalue weighted by Gasteiger charge is 2.25. The summed E-state index contributed by atoms with van der Waals surface area (Å²) in [4.78, 5) is 39.0. The molecular weight excluding hydrogens is 412 g/mol. The van der Waals surface area contributed by atoms with Gasteiger partial charge in [0.25, 0.3) is 5.91 Å². The molecule has 0 unspecified atom stereocenters. The highest BCUT2D eigenvalue weighted by molar-refractivity contribution is 5.99. The summed E-state index contributed by atoms with van der Waals surface area (Å²) in [6, 6.07) is 15.8. The largest absolute Gasteiger partial charge is 0.486 e. The number of rotatable bonds is 9. The molecule has 0 saturated carbocycles. The summed E-state index contributed by atoms with van der Waals surface area (Å²) in [6.07, 6.45) is -1.12. The Bertz CT molecular complexity index is 1010. The molecule has 0 N–H and O–H groups in total. The fourth-order valence-electron chi connectivity index (χ4n) is 3.24. The highest BCUT2D eigenvalue weighted by Crippen LogP contribution is 2.31. The smallest absolute Gasteiger partial charge is 0.307 e. The zero-order valence-corrected chi connectivity index (χ0v) is 17.8. The second-order valence-corrected chi connectivity index (χ2v) is 7.15. The van der Waals surface area contributed by atoms with E-state index in [1.165, 1.54) is 11.8 Å². The van der Waals surface area contributed by atoms with Gasteiger partial charge in [0.15, 0.2) is 23.4 Å². The number of fused-ring (bicyclic) bond motifs is 1. The fraction of sp³-hybridized carbons (Fsp3) is 0.333. The molecule has 1 heterocycles.